The second-order valence-electron chi connectivity index (χ2n) is 6.04. The molecule has 0 aliphatic rings. The van der Waals surface area contributed by atoms with E-state index in [9.17, 15) is 13.6 Å². The van der Waals surface area contributed by atoms with E-state index in [2.05, 4.69) is 15.6 Å². The number of aromatic nitrogens is 1. The van der Waals surface area contributed by atoms with Gasteiger partial charge >= 0.3 is 6.03 Å². The smallest absolute Gasteiger partial charge is 0.323 e. The zero-order valence-corrected chi connectivity index (χ0v) is 16.2. The monoisotopic (exact) mass is 415 g/mol. The highest BCUT2D eigenvalue weighted by Crippen LogP contribution is 2.30. The van der Waals surface area contributed by atoms with Gasteiger partial charge in [0.2, 0.25) is 0 Å². The number of carbonyl (C=O) groups excluding carboxylic acids is 1. The number of benzene rings is 2. The molecule has 0 spiro atoms. The van der Waals surface area contributed by atoms with Crippen molar-refractivity contribution in [2.45, 2.75) is 6.61 Å². The van der Waals surface area contributed by atoms with Gasteiger partial charge in [0.1, 0.15) is 29.7 Å². The van der Waals surface area contributed by atoms with Crippen LogP contribution in [-0.2, 0) is 6.61 Å². The number of urea groups is 1. The summed E-state index contributed by atoms with van der Waals surface area (Å²) in [5.74, 6) is 0.0151. The highest BCUT2D eigenvalue weighted by Gasteiger charge is 2.12. The summed E-state index contributed by atoms with van der Waals surface area (Å²) in [4.78, 5) is 16.2. The van der Waals surface area contributed by atoms with Crippen molar-refractivity contribution in [1.82, 2.24) is 4.98 Å². The Morgan fingerprint density at radius 2 is 1.60 bits per heavy atom. The largest absolute Gasteiger partial charge is 0.493 e. The molecule has 0 radical (unpaired) electrons. The van der Waals surface area contributed by atoms with Crippen LogP contribution in [0.15, 0.2) is 54.7 Å². The van der Waals surface area contributed by atoms with Gasteiger partial charge in [-0.3, -0.25) is 4.98 Å². The van der Waals surface area contributed by atoms with Crippen molar-refractivity contribution in [2.24, 2.45) is 0 Å². The summed E-state index contributed by atoms with van der Waals surface area (Å²) >= 11 is 0. The van der Waals surface area contributed by atoms with Gasteiger partial charge in [-0.2, -0.15) is 0 Å². The van der Waals surface area contributed by atoms with Crippen molar-refractivity contribution in [3.63, 3.8) is 0 Å². The molecular weight excluding hydrogens is 396 g/mol. The molecule has 9 heteroatoms. The number of hydrogen-bond donors (Lipinski definition) is 2. The Balaban J connectivity index is 1.58. The molecule has 7 nitrogen and oxygen atoms in total. The fourth-order valence-electron chi connectivity index (χ4n) is 2.66. The van der Waals surface area contributed by atoms with Gasteiger partial charge in [0.05, 0.1) is 14.2 Å². The fourth-order valence-corrected chi connectivity index (χ4v) is 2.66. The molecule has 0 fully saturated rings. The number of halogens is 2. The van der Waals surface area contributed by atoms with Gasteiger partial charge in [0.15, 0.2) is 11.5 Å². The molecule has 0 aliphatic heterocycles. The predicted octanol–water partition coefficient (Wildman–Crippen LogP) is 4.60. The number of ether oxygens (including phenoxy) is 3. The second-order valence-corrected chi connectivity index (χ2v) is 6.04. The SMILES string of the molecule is COc1ccnc(COc2ccc(NC(=O)Nc3cc(F)cc(F)c3)cc2)c1OC. The molecule has 1 heterocycles. The van der Waals surface area contributed by atoms with Crippen molar-refractivity contribution in [3.05, 3.63) is 72.1 Å². The van der Waals surface area contributed by atoms with Crippen LogP contribution in [0.2, 0.25) is 0 Å². The lowest BCUT2D eigenvalue weighted by atomic mass is 10.3. The van der Waals surface area contributed by atoms with E-state index in [1.807, 2.05) is 0 Å². The highest BCUT2D eigenvalue weighted by molar-refractivity contribution is 5.99. The minimum absolute atomic E-state index is 0.00434. The van der Waals surface area contributed by atoms with Crippen LogP contribution in [0, 0.1) is 11.6 Å². The van der Waals surface area contributed by atoms with E-state index < -0.39 is 17.7 Å². The maximum absolute atomic E-state index is 13.2. The standard InChI is InChI=1S/C21H19F2N3O4/c1-28-19-7-8-24-18(20(19)29-2)12-30-17-5-3-15(4-6-17)25-21(27)26-16-10-13(22)9-14(23)11-16/h3-11H,12H2,1-2H3,(H2,25,26,27). The average molecular weight is 415 g/mol. The topological polar surface area (TPSA) is 81.7 Å². The molecule has 0 aliphatic carbocycles. The van der Waals surface area contributed by atoms with Crippen LogP contribution in [-0.4, -0.2) is 25.2 Å². The Bertz CT molecular complexity index is 1010. The number of rotatable bonds is 7. The Hall–Kier alpha value is -3.88. The third kappa shape index (κ3) is 5.34. The summed E-state index contributed by atoms with van der Waals surface area (Å²) in [5.41, 5.74) is 1.04. The van der Waals surface area contributed by atoms with E-state index in [0.29, 0.717) is 28.6 Å². The number of nitrogens with one attached hydrogen (secondary N) is 2. The normalized spacial score (nSPS) is 10.3. The van der Waals surface area contributed by atoms with E-state index in [-0.39, 0.29) is 12.3 Å². The molecule has 0 saturated heterocycles. The van der Waals surface area contributed by atoms with Crippen LogP contribution in [0.25, 0.3) is 0 Å². The lowest BCUT2D eigenvalue weighted by Gasteiger charge is -2.13. The van der Waals surface area contributed by atoms with Gasteiger partial charge in [-0.25, -0.2) is 13.6 Å². The quantitative estimate of drug-likeness (QED) is 0.589. The number of carbonyl (C=O) groups is 1. The van der Waals surface area contributed by atoms with Crippen molar-refractivity contribution in [1.29, 1.82) is 0 Å². The van der Waals surface area contributed by atoms with Crippen LogP contribution >= 0.6 is 0 Å². The zero-order chi connectivity index (χ0) is 21.5. The minimum atomic E-state index is -0.783. The summed E-state index contributed by atoms with van der Waals surface area (Å²) in [6.07, 6.45) is 1.59. The lowest BCUT2D eigenvalue weighted by Crippen LogP contribution is -2.19. The highest BCUT2D eigenvalue weighted by atomic mass is 19.1. The number of methoxy groups -OCH3 is 2. The fraction of sp³-hybridized carbons (Fsp3) is 0.143. The molecule has 30 heavy (non-hydrogen) atoms. The minimum Gasteiger partial charge on any atom is -0.493 e. The van der Waals surface area contributed by atoms with E-state index in [1.165, 1.54) is 14.2 Å². The van der Waals surface area contributed by atoms with Crippen molar-refractivity contribution >= 4 is 17.4 Å². The van der Waals surface area contributed by atoms with Crippen molar-refractivity contribution in [2.75, 3.05) is 24.9 Å². The molecule has 0 atom stereocenters. The van der Waals surface area contributed by atoms with Gasteiger partial charge in [-0.15, -0.1) is 0 Å². The van der Waals surface area contributed by atoms with E-state index in [1.54, 1.807) is 36.5 Å². The zero-order valence-electron chi connectivity index (χ0n) is 16.2. The van der Waals surface area contributed by atoms with Crippen LogP contribution in [0.1, 0.15) is 5.69 Å². The summed E-state index contributed by atoms with van der Waals surface area (Å²) < 4.78 is 42.6. The Labute approximate surface area is 171 Å². The van der Waals surface area contributed by atoms with Crippen molar-refractivity contribution < 1.29 is 27.8 Å². The molecule has 0 bridgehead atoms. The van der Waals surface area contributed by atoms with Gasteiger partial charge in [0.25, 0.3) is 0 Å². The van der Waals surface area contributed by atoms with Crippen LogP contribution in [0.4, 0.5) is 25.0 Å². The Morgan fingerprint density at radius 1 is 0.933 bits per heavy atom. The molecule has 1 aromatic heterocycles. The summed E-state index contributed by atoms with van der Waals surface area (Å²) in [7, 11) is 3.06. The van der Waals surface area contributed by atoms with Gasteiger partial charge in [-0.05, 0) is 36.4 Å². The summed E-state index contributed by atoms with van der Waals surface area (Å²) in [6.45, 7) is 0.152. The first-order valence-corrected chi connectivity index (χ1v) is 8.81. The van der Waals surface area contributed by atoms with Crippen molar-refractivity contribution in [3.8, 4) is 17.2 Å². The lowest BCUT2D eigenvalue weighted by molar-refractivity contribution is 0.262. The molecule has 3 aromatic rings. The molecule has 2 N–H and O–H groups in total. The van der Waals surface area contributed by atoms with Crippen LogP contribution in [0.5, 0.6) is 17.2 Å². The van der Waals surface area contributed by atoms with E-state index in [4.69, 9.17) is 14.2 Å². The number of hydrogen-bond acceptors (Lipinski definition) is 5. The molecule has 2 aromatic carbocycles. The maximum Gasteiger partial charge on any atom is 0.323 e. The van der Waals surface area contributed by atoms with Gasteiger partial charge in [-0.1, -0.05) is 0 Å². The molecule has 0 saturated carbocycles. The Morgan fingerprint density at radius 3 is 2.23 bits per heavy atom. The number of amides is 2. The first kappa shape index (κ1) is 20.8. The van der Waals surface area contributed by atoms with Crippen LogP contribution in [0.3, 0.4) is 0 Å². The maximum atomic E-state index is 13.2. The number of nitrogens with zero attached hydrogens (tertiary/aromatic N) is 1. The molecule has 156 valence electrons. The van der Waals surface area contributed by atoms with E-state index >= 15 is 0 Å². The van der Waals surface area contributed by atoms with Crippen LogP contribution < -0.4 is 24.8 Å². The molecule has 3 rings (SSSR count). The van der Waals surface area contributed by atoms with Gasteiger partial charge in [0, 0.05) is 29.7 Å². The first-order valence-electron chi connectivity index (χ1n) is 8.81. The molecule has 2 amide bonds. The average Bonchev–Trinajstić information content (AvgIpc) is 2.72. The Kier molecular flexibility index (Phi) is 6.63. The summed E-state index contributed by atoms with van der Waals surface area (Å²) in [5, 5.41) is 4.93. The molecular formula is C21H19F2N3O4. The second kappa shape index (κ2) is 9.55. The van der Waals surface area contributed by atoms with Gasteiger partial charge < -0.3 is 24.8 Å². The molecule has 0 unspecified atom stereocenters. The number of anilines is 2. The first-order chi connectivity index (χ1) is 14.5. The number of pyridine rings is 1. The summed E-state index contributed by atoms with van der Waals surface area (Å²) in [6, 6.07) is 10.4. The third-order valence-electron chi connectivity index (χ3n) is 3.97. The predicted molar refractivity (Wildman–Crippen MR) is 107 cm³/mol. The van der Waals surface area contributed by atoms with E-state index in [0.717, 1.165) is 18.2 Å². The third-order valence-corrected chi connectivity index (χ3v) is 3.97.